The van der Waals surface area contributed by atoms with Crippen LogP contribution in [-0.4, -0.2) is 37.7 Å². The molecule has 0 bridgehead atoms. The fraction of sp³-hybridized carbons (Fsp3) is 1.00. The van der Waals surface area contributed by atoms with Crippen molar-refractivity contribution in [3.05, 3.63) is 0 Å². The molecule has 0 rings (SSSR count). The molecule has 0 heterocycles. The van der Waals surface area contributed by atoms with Crippen LogP contribution in [0.2, 0.25) is 0 Å². The summed E-state index contributed by atoms with van der Waals surface area (Å²) in [7, 11) is 0. The van der Waals surface area contributed by atoms with E-state index in [-0.39, 0.29) is 0 Å². The smallest absolute Gasteiger partial charge is 0.0653 e. The zero-order valence-corrected chi connectivity index (χ0v) is 7.89. The van der Waals surface area contributed by atoms with Crippen LogP contribution in [0.15, 0.2) is 0 Å². The lowest BCUT2D eigenvalue weighted by Crippen LogP contribution is -2.31. The molecule has 0 saturated carbocycles. The molecule has 0 fully saturated rings. The first-order valence-corrected chi connectivity index (χ1v) is 4.42. The summed E-state index contributed by atoms with van der Waals surface area (Å²) in [5, 5.41) is 0. The van der Waals surface area contributed by atoms with E-state index in [2.05, 4.69) is 24.2 Å². The first-order chi connectivity index (χ1) is 5.35. The van der Waals surface area contributed by atoms with Crippen molar-refractivity contribution in [1.82, 2.24) is 10.4 Å². The fourth-order valence-corrected chi connectivity index (χ4v) is 0.918. The van der Waals surface area contributed by atoms with Gasteiger partial charge in [-0.25, -0.2) is 5.48 Å². The highest BCUT2D eigenvalue weighted by Crippen LogP contribution is 1.83. The first-order valence-electron chi connectivity index (χ1n) is 4.42. The monoisotopic (exact) mass is 160 g/mol. The van der Waals surface area contributed by atoms with Crippen molar-refractivity contribution in [1.29, 1.82) is 0 Å². The van der Waals surface area contributed by atoms with Gasteiger partial charge in [0.2, 0.25) is 0 Å². The second-order valence-corrected chi connectivity index (χ2v) is 2.35. The van der Waals surface area contributed by atoms with Crippen LogP contribution in [0.5, 0.6) is 0 Å². The third kappa shape index (κ3) is 6.28. The Bertz CT molecular complexity index is 74.5. The number of hydroxylamine groups is 1. The predicted octanol–water partition coefficient (Wildman–Crippen LogP) is 0.869. The molecule has 0 aromatic carbocycles. The Hall–Kier alpha value is -0.120. The van der Waals surface area contributed by atoms with Crippen LogP contribution >= 0.6 is 0 Å². The molecule has 0 aliphatic heterocycles. The van der Waals surface area contributed by atoms with E-state index in [1.807, 2.05) is 6.92 Å². The maximum absolute atomic E-state index is 5.00. The molecule has 3 heteroatoms. The van der Waals surface area contributed by atoms with Gasteiger partial charge in [-0.05, 0) is 20.0 Å². The molecule has 0 saturated heterocycles. The van der Waals surface area contributed by atoms with Crippen LogP contribution in [-0.2, 0) is 4.84 Å². The molecule has 3 nitrogen and oxygen atoms in total. The van der Waals surface area contributed by atoms with Gasteiger partial charge in [0.15, 0.2) is 0 Å². The summed E-state index contributed by atoms with van der Waals surface area (Å²) in [4.78, 5) is 7.35. The third-order valence-electron chi connectivity index (χ3n) is 1.67. The van der Waals surface area contributed by atoms with Crippen LogP contribution < -0.4 is 5.48 Å². The van der Waals surface area contributed by atoms with Gasteiger partial charge in [-0.15, -0.1) is 0 Å². The molecule has 0 aliphatic rings. The van der Waals surface area contributed by atoms with Gasteiger partial charge in [0.05, 0.1) is 6.61 Å². The zero-order valence-electron chi connectivity index (χ0n) is 7.89. The van der Waals surface area contributed by atoms with Crippen LogP contribution in [0, 0.1) is 0 Å². The van der Waals surface area contributed by atoms with E-state index in [0.29, 0.717) is 0 Å². The number of hydrogen-bond acceptors (Lipinski definition) is 3. The summed E-state index contributed by atoms with van der Waals surface area (Å²) in [6.45, 7) is 11.3. The highest BCUT2D eigenvalue weighted by atomic mass is 16.6. The molecule has 0 aromatic heterocycles. The van der Waals surface area contributed by atoms with Crippen LogP contribution in [0.25, 0.3) is 0 Å². The van der Waals surface area contributed by atoms with Gasteiger partial charge in [-0.3, -0.25) is 0 Å². The Morgan fingerprint density at radius 1 is 1.18 bits per heavy atom. The Kier molecular flexibility index (Phi) is 7.89. The lowest BCUT2D eigenvalue weighted by molar-refractivity contribution is 0.0454. The molecular formula is C8H20N2O. The Morgan fingerprint density at radius 2 is 1.82 bits per heavy atom. The summed E-state index contributed by atoms with van der Waals surface area (Å²) in [5.74, 6) is 0. The Morgan fingerprint density at radius 3 is 2.27 bits per heavy atom. The number of rotatable bonds is 7. The first kappa shape index (κ1) is 10.9. The van der Waals surface area contributed by atoms with Crippen LogP contribution in [0.1, 0.15) is 20.8 Å². The highest BCUT2D eigenvalue weighted by molar-refractivity contribution is 4.51. The number of likely N-dealkylation sites (N-methyl/N-ethyl adjacent to an activating group) is 1. The van der Waals surface area contributed by atoms with E-state index >= 15 is 0 Å². The normalized spacial score (nSPS) is 10.9. The second kappa shape index (κ2) is 7.98. The van der Waals surface area contributed by atoms with Crippen molar-refractivity contribution in [2.24, 2.45) is 0 Å². The van der Waals surface area contributed by atoms with E-state index in [1.165, 1.54) is 0 Å². The molecule has 0 atom stereocenters. The maximum atomic E-state index is 5.00. The van der Waals surface area contributed by atoms with Gasteiger partial charge in [0, 0.05) is 13.1 Å². The van der Waals surface area contributed by atoms with E-state index in [4.69, 9.17) is 4.84 Å². The number of nitrogens with zero attached hydrogens (tertiary/aromatic N) is 1. The van der Waals surface area contributed by atoms with Gasteiger partial charge in [-0.1, -0.05) is 13.8 Å². The molecule has 0 unspecified atom stereocenters. The van der Waals surface area contributed by atoms with Gasteiger partial charge >= 0.3 is 0 Å². The standard InChI is InChI=1S/C8H20N2O/c1-4-10(5-2)8-7-9-11-6-3/h9H,4-8H2,1-3H3. The minimum Gasteiger partial charge on any atom is -0.303 e. The third-order valence-corrected chi connectivity index (χ3v) is 1.67. The summed E-state index contributed by atoms with van der Waals surface area (Å²) in [6.07, 6.45) is 0. The molecule has 0 spiro atoms. The summed E-state index contributed by atoms with van der Waals surface area (Å²) < 4.78 is 0. The molecular weight excluding hydrogens is 140 g/mol. The summed E-state index contributed by atoms with van der Waals surface area (Å²) in [6, 6.07) is 0. The fourth-order valence-electron chi connectivity index (χ4n) is 0.918. The SMILES string of the molecule is CCONCCN(CC)CC. The Balaban J connectivity index is 3.07. The predicted molar refractivity (Wildman–Crippen MR) is 47.4 cm³/mol. The molecule has 1 N–H and O–H groups in total. The van der Waals surface area contributed by atoms with Crippen molar-refractivity contribution in [3.8, 4) is 0 Å². The van der Waals surface area contributed by atoms with Crippen molar-refractivity contribution >= 4 is 0 Å². The lowest BCUT2D eigenvalue weighted by Gasteiger charge is -2.17. The van der Waals surface area contributed by atoms with Crippen molar-refractivity contribution < 1.29 is 4.84 Å². The highest BCUT2D eigenvalue weighted by Gasteiger charge is 1.96. The van der Waals surface area contributed by atoms with Crippen LogP contribution in [0.3, 0.4) is 0 Å². The average Bonchev–Trinajstić information content (AvgIpc) is 2.05. The van der Waals surface area contributed by atoms with Crippen molar-refractivity contribution in [2.75, 3.05) is 32.8 Å². The number of nitrogens with one attached hydrogen (secondary N) is 1. The molecule has 0 radical (unpaired) electrons. The molecule has 0 aromatic rings. The molecule has 0 aliphatic carbocycles. The lowest BCUT2D eigenvalue weighted by atomic mass is 10.5. The van der Waals surface area contributed by atoms with Crippen molar-refractivity contribution in [2.45, 2.75) is 20.8 Å². The largest absolute Gasteiger partial charge is 0.303 e. The van der Waals surface area contributed by atoms with Gasteiger partial charge < -0.3 is 9.74 Å². The topological polar surface area (TPSA) is 24.5 Å². The maximum Gasteiger partial charge on any atom is 0.0653 e. The molecule has 0 amide bonds. The summed E-state index contributed by atoms with van der Waals surface area (Å²) in [5.41, 5.74) is 2.89. The minimum atomic E-state index is 0.734. The zero-order chi connectivity index (χ0) is 8.53. The van der Waals surface area contributed by atoms with E-state index in [9.17, 15) is 0 Å². The van der Waals surface area contributed by atoms with Gasteiger partial charge in [-0.2, -0.15) is 0 Å². The van der Waals surface area contributed by atoms with E-state index in [1.54, 1.807) is 0 Å². The molecule has 11 heavy (non-hydrogen) atoms. The summed E-state index contributed by atoms with van der Waals surface area (Å²) >= 11 is 0. The second-order valence-electron chi connectivity index (χ2n) is 2.35. The minimum absolute atomic E-state index is 0.734. The van der Waals surface area contributed by atoms with Gasteiger partial charge in [0.25, 0.3) is 0 Å². The quantitative estimate of drug-likeness (QED) is 0.442. The van der Waals surface area contributed by atoms with Crippen LogP contribution in [0.4, 0.5) is 0 Å². The van der Waals surface area contributed by atoms with Crippen molar-refractivity contribution in [3.63, 3.8) is 0 Å². The number of hydrogen-bond donors (Lipinski definition) is 1. The van der Waals surface area contributed by atoms with E-state index < -0.39 is 0 Å². The average molecular weight is 160 g/mol. The Labute approximate surface area is 69.7 Å². The van der Waals surface area contributed by atoms with E-state index in [0.717, 1.165) is 32.8 Å². The van der Waals surface area contributed by atoms with Gasteiger partial charge in [0.1, 0.15) is 0 Å². The molecule has 68 valence electrons.